The van der Waals surface area contributed by atoms with E-state index in [1.807, 2.05) is 43.3 Å². The molecule has 2 aromatic carbocycles. The lowest BCUT2D eigenvalue weighted by atomic mass is 10.1. The van der Waals surface area contributed by atoms with Gasteiger partial charge in [-0.1, -0.05) is 36.4 Å². The Bertz CT molecular complexity index is 868. The predicted molar refractivity (Wildman–Crippen MR) is 109 cm³/mol. The van der Waals surface area contributed by atoms with E-state index in [0.29, 0.717) is 0 Å². The zero-order valence-corrected chi connectivity index (χ0v) is 15.4. The van der Waals surface area contributed by atoms with Gasteiger partial charge in [0.2, 0.25) is 0 Å². The smallest absolute Gasteiger partial charge is 0.115 e. The molecule has 0 fully saturated rings. The Labute approximate surface area is 159 Å². The van der Waals surface area contributed by atoms with Gasteiger partial charge in [-0.3, -0.25) is 0 Å². The van der Waals surface area contributed by atoms with Gasteiger partial charge >= 0.3 is 0 Å². The third-order valence-corrected chi connectivity index (χ3v) is 4.34. The van der Waals surface area contributed by atoms with Crippen LogP contribution in [0, 0.1) is 0 Å². The van der Waals surface area contributed by atoms with Crippen LogP contribution in [0.2, 0.25) is 0 Å². The summed E-state index contributed by atoms with van der Waals surface area (Å²) in [7, 11) is 0. The number of aromatic nitrogens is 2. The van der Waals surface area contributed by atoms with Crippen molar-refractivity contribution in [1.29, 1.82) is 0 Å². The summed E-state index contributed by atoms with van der Waals surface area (Å²) in [6.07, 6.45) is 6.82. The molecular weight excluding hydrogens is 336 g/mol. The van der Waals surface area contributed by atoms with Gasteiger partial charge in [-0.15, -0.1) is 10.2 Å². The van der Waals surface area contributed by atoms with Crippen LogP contribution in [0.25, 0.3) is 28.6 Å². The SMILES string of the molecule is CC(O)CCCC=Cc1ccc(-c2ccc(-c3ccc(O)cc3)nn2)cc1. The molecule has 1 heterocycles. The highest BCUT2D eigenvalue weighted by molar-refractivity contribution is 5.65. The van der Waals surface area contributed by atoms with E-state index in [1.165, 1.54) is 0 Å². The van der Waals surface area contributed by atoms with Crippen molar-refractivity contribution in [1.82, 2.24) is 10.2 Å². The van der Waals surface area contributed by atoms with E-state index in [4.69, 9.17) is 0 Å². The third-order valence-electron chi connectivity index (χ3n) is 4.34. The van der Waals surface area contributed by atoms with Crippen LogP contribution in [0.1, 0.15) is 31.7 Å². The Kier molecular flexibility index (Phi) is 6.34. The number of allylic oxidation sites excluding steroid dienone is 1. The van der Waals surface area contributed by atoms with Crippen LogP contribution in [0.4, 0.5) is 0 Å². The fourth-order valence-electron chi connectivity index (χ4n) is 2.79. The molecule has 0 radical (unpaired) electrons. The lowest BCUT2D eigenvalue weighted by molar-refractivity contribution is 0.182. The van der Waals surface area contributed by atoms with Gasteiger partial charge in [-0.25, -0.2) is 0 Å². The van der Waals surface area contributed by atoms with Gasteiger partial charge in [0.05, 0.1) is 17.5 Å². The largest absolute Gasteiger partial charge is 0.508 e. The van der Waals surface area contributed by atoms with Gasteiger partial charge in [0.1, 0.15) is 5.75 Å². The van der Waals surface area contributed by atoms with Crippen molar-refractivity contribution < 1.29 is 10.2 Å². The summed E-state index contributed by atoms with van der Waals surface area (Å²) in [5.41, 5.74) is 4.68. The number of aliphatic hydroxyl groups is 1. The predicted octanol–water partition coefficient (Wildman–Crippen LogP) is 5.08. The first-order valence-electron chi connectivity index (χ1n) is 9.20. The minimum Gasteiger partial charge on any atom is -0.508 e. The van der Waals surface area contributed by atoms with Crippen molar-refractivity contribution in [2.45, 2.75) is 32.3 Å². The van der Waals surface area contributed by atoms with Crippen LogP contribution in [0.3, 0.4) is 0 Å². The Balaban J connectivity index is 1.63. The molecule has 1 unspecified atom stereocenters. The number of aromatic hydroxyl groups is 1. The molecule has 4 nitrogen and oxygen atoms in total. The zero-order chi connectivity index (χ0) is 19.1. The molecule has 0 aliphatic rings. The van der Waals surface area contributed by atoms with Gasteiger partial charge in [0, 0.05) is 11.1 Å². The normalized spacial score (nSPS) is 12.4. The summed E-state index contributed by atoms with van der Waals surface area (Å²) >= 11 is 0. The number of unbranched alkanes of at least 4 members (excludes halogenated alkanes) is 1. The number of phenolic OH excluding ortho intramolecular Hbond substituents is 1. The van der Waals surface area contributed by atoms with Crippen LogP contribution in [-0.4, -0.2) is 26.5 Å². The summed E-state index contributed by atoms with van der Waals surface area (Å²) in [5, 5.41) is 27.2. The maximum atomic E-state index is 9.37. The van der Waals surface area contributed by atoms with Crippen LogP contribution in [0.5, 0.6) is 5.75 Å². The number of phenols is 1. The van der Waals surface area contributed by atoms with Gasteiger partial charge in [-0.05, 0) is 68.1 Å². The maximum absolute atomic E-state index is 9.37. The molecule has 4 heteroatoms. The minimum absolute atomic E-state index is 0.223. The van der Waals surface area contributed by atoms with Crippen molar-refractivity contribution in [3.05, 3.63) is 72.3 Å². The molecule has 0 saturated carbocycles. The second-order valence-electron chi connectivity index (χ2n) is 6.65. The Morgan fingerprint density at radius 1 is 0.852 bits per heavy atom. The first-order valence-corrected chi connectivity index (χ1v) is 9.20. The molecule has 1 atom stereocenters. The molecule has 3 aromatic rings. The summed E-state index contributed by atoms with van der Waals surface area (Å²) < 4.78 is 0. The zero-order valence-electron chi connectivity index (χ0n) is 15.4. The van der Waals surface area contributed by atoms with E-state index in [2.05, 4.69) is 34.5 Å². The van der Waals surface area contributed by atoms with E-state index in [9.17, 15) is 10.2 Å². The van der Waals surface area contributed by atoms with Crippen LogP contribution in [-0.2, 0) is 0 Å². The second-order valence-corrected chi connectivity index (χ2v) is 6.65. The molecule has 0 spiro atoms. The highest BCUT2D eigenvalue weighted by atomic mass is 16.3. The number of aliphatic hydroxyl groups excluding tert-OH is 1. The molecule has 1 aromatic heterocycles. The van der Waals surface area contributed by atoms with E-state index in [1.54, 1.807) is 12.1 Å². The third kappa shape index (κ3) is 5.50. The number of benzene rings is 2. The lowest BCUT2D eigenvalue weighted by Crippen LogP contribution is -1.97. The average Bonchev–Trinajstić information content (AvgIpc) is 2.69. The Morgan fingerprint density at radius 2 is 1.41 bits per heavy atom. The van der Waals surface area contributed by atoms with Crippen molar-refractivity contribution in [3.8, 4) is 28.3 Å². The summed E-state index contributed by atoms with van der Waals surface area (Å²) in [4.78, 5) is 0. The van der Waals surface area contributed by atoms with Gasteiger partial charge in [0.15, 0.2) is 0 Å². The molecule has 0 amide bonds. The molecule has 0 aliphatic heterocycles. The number of rotatable bonds is 7. The standard InChI is InChI=1S/C23H24N2O2/c1-17(26)5-3-2-4-6-18-7-9-19(10-8-18)22-15-16-23(25-24-22)20-11-13-21(27)14-12-20/h4,6-17,26-27H,2-3,5H2,1H3. The van der Waals surface area contributed by atoms with Crippen molar-refractivity contribution >= 4 is 6.08 Å². The van der Waals surface area contributed by atoms with E-state index in [0.717, 1.165) is 47.3 Å². The summed E-state index contributed by atoms with van der Waals surface area (Å²) in [5.74, 6) is 0.237. The van der Waals surface area contributed by atoms with Crippen LogP contribution in [0.15, 0.2) is 66.7 Å². The lowest BCUT2D eigenvalue weighted by Gasteiger charge is -2.04. The topological polar surface area (TPSA) is 66.2 Å². The van der Waals surface area contributed by atoms with E-state index >= 15 is 0 Å². The number of hydrogen-bond donors (Lipinski definition) is 2. The number of hydrogen-bond acceptors (Lipinski definition) is 4. The highest BCUT2D eigenvalue weighted by Crippen LogP contribution is 2.22. The van der Waals surface area contributed by atoms with Gasteiger partial charge < -0.3 is 10.2 Å². The van der Waals surface area contributed by atoms with Crippen molar-refractivity contribution in [2.24, 2.45) is 0 Å². The fraction of sp³-hybridized carbons (Fsp3) is 0.217. The monoisotopic (exact) mass is 360 g/mol. The molecule has 3 rings (SSSR count). The van der Waals surface area contributed by atoms with Crippen LogP contribution < -0.4 is 0 Å². The van der Waals surface area contributed by atoms with Crippen molar-refractivity contribution in [2.75, 3.05) is 0 Å². The Morgan fingerprint density at radius 3 is 1.93 bits per heavy atom. The van der Waals surface area contributed by atoms with Gasteiger partial charge in [-0.2, -0.15) is 0 Å². The van der Waals surface area contributed by atoms with Gasteiger partial charge in [0.25, 0.3) is 0 Å². The minimum atomic E-state index is -0.223. The molecule has 27 heavy (non-hydrogen) atoms. The molecule has 2 N–H and O–H groups in total. The number of nitrogens with zero attached hydrogens (tertiary/aromatic N) is 2. The first-order chi connectivity index (χ1) is 13.1. The highest BCUT2D eigenvalue weighted by Gasteiger charge is 2.03. The summed E-state index contributed by atoms with van der Waals surface area (Å²) in [6, 6.07) is 19.0. The maximum Gasteiger partial charge on any atom is 0.115 e. The van der Waals surface area contributed by atoms with Crippen LogP contribution >= 0.6 is 0 Å². The molecule has 0 bridgehead atoms. The molecule has 0 saturated heterocycles. The molecule has 0 aliphatic carbocycles. The van der Waals surface area contributed by atoms with E-state index < -0.39 is 0 Å². The van der Waals surface area contributed by atoms with Crippen molar-refractivity contribution in [3.63, 3.8) is 0 Å². The molecule has 138 valence electrons. The first kappa shape index (κ1) is 18.8. The average molecular weight is 360 g/mol. The van der Waals surface area contributed by atoms with E-state index in [-0.39, 0.29) is 11.9 Å². The fourth-order valence-corrected chi connectivity index (χ4v) is 2.79. The molecular formula is C23H24N2O2. The Hall–Kier alpha value is -2.98. The quantitative estimate of drug-likeness (QED) is 0.577. The second kappa shape index (κ2) is 9.10. The summed E-state index contributed by atoms with van der Waals surface area (Å²) in [6.45, 7) is 1.82.